The summed E-state index contributed by atoms with van der Waals surface area (Å²) in [5.74, 6) is 1.60. The van der Waals surface area contributed by atoms with Gasteiger partial charge < -0.3 is 8.83 Å². The van der Waals surface area contributed by atoms with Crippen LogP contribution in [-0.2, 0) is 10.8 Å². The molecule has 0 amide bonds. The quantitative estimate of drug-likeness (QED) is 0.136. The van der Waals surface area contributed by atoms with Crippen molar-refractivity contribution in [2.45, 2.75) is 31.1 Å². The largest absolute Gasteiger partial charge is 0.436 e. The minimum absolute atomic E-state index is 0.374. The van der Waals surface area contributed by atoms with Gasteiger partial charge in [-0.25, -0.2) is 19.9 Å². The van der Waals surface area contributed by atoms with Crippen molar-refractivity contribution in [2.24, 2.45) is 5.92 Å². The summed E-state index contributed by atoms with van der Waals surface area (Å²) in [6, 6.07) is 100. The third-order valence-electron chi connectivity index (χ3n) is 19.6. The molecule has 0 aliphatic heterocycles. The zero-order chi connectivity index (χ0) is 61.1. The molecule has 0 fully saturated rings. The Kier molecular flexibility index (Phi) is 12.2. The number of benzene rings is 12. The van der Waals surface area contributed by atoms with Crippen LogP contribution < -0.4 is 0 Å². The number of hydrogen-bond donors (Lipinski definition) is 0. The van der Waals surface area contributed by atoms with E-state index in [0.717, 1.165) is 95.5 Å². The van der Waals surface area contributed by atoms with Crippen LogP contribution in [0.3, 0.4) is 0 Å². The molecular formula is C86H58N4O2. The Labute approximate surface area is 533 Å². The van der Waals surface area contributed by atoms with Crippen LogP contribution in [0.5, 0.6) is 0 Å². The van der Waals surface area contributed by atoms with Crippen LogP contribution in [0.4, 0.5) is 0 Å². The molecule has 3 aromatic heterocycles. The van der Waals surface area contributed by atoms with Crippen molar-refractivity contribution in [2.75, 3.05) is 0 Å². The molecule has 0 saturated heterocycles. The first kappa shape index (κ1) is 53.4. The fourth-order valence-electron chi connectivity index (χ4n) is 15.3. The zero-order valence-corrected chi connectivity index (χ0v) is 50.7. The number of oxazole rings is 2. The van der Waals surface area contributed by atoms with Gasteiger partial charge in [0.1, 0.15) is 11.0 Å². The number of aryl methyl sites for hydroxylation is 1. The van der Waals surface area contributed by atoms with Gasteiger partial charge in [-0.2, -0.15) is 0 Å². The molecule has 434 valence electrons. The zero-order valence-electron chi connectivity index (χ0n) is 50.7. The fraction of sp³-hybridized carbons (Fsp3) is 0.0698. The molecule has 3 atom stereocenters. The number of para-hydroxylation sites is 6. The van der Waals surface area contributed by atoms with Gasteiger partial charge in [0, 0.05) is 22.3 Å². The molecule has 6 nitrogen and oxygen atoms in total. The van der Waals surface area contributed by atoms with E-state index in [9.17, 15) is 0 Å². The molecule has 0 radical (unpaired) electrons. The lowest BCUT2D eigenvalue weighted by Crippen LogP contribution is -2.30. The number of allylic oxidation sites excluding steroid dienone is 4. The number of aromatic nitrogens is 4. The second kappa shape index (κ2) is 21.0. The van der Waals surface area contributed by atoms with Gasteiger partial charge in [0.05, 0.1) is 33.3 Å². The van der Waals surface area contributed by atoms with Crippen LogP contribution in [-0.4, -0.2) is 19.9 Å². The summed E-state index contributed by atoms with van der Waals surface area (Å²) in [4.78, 5) is 20.8. The minimum Gasteiger partial charge on any atom is -0.436 e. The molecule has 3 unspecified atom stereocenters. The average Bonchev–Trinajstić information content (AvgIpc) is 1.53. The highest BCUT2D eigenvalue weighted by molar-refractivity contribution is 5.94. The highest BCUT2D eigenvalue weighted by Crippen LogP contribution is 2.60. The van der Waals surface area contributed by atoms with E-state index in [2.05, 4.69) is 250 Å². The maximum atomic E-state index is 6.44. The van der Waals surface area contributed by atoms with Gasteiger partial charge >= 0.3 is 0 Å². The van der Waals surface area contributed by atoms with Crippen molar-refractivity contribution >= 4 is 33.2 Å². The highest BCUT2D eigenvalue weighted by Gasteiger charge is 2.49. The fourth-order valence-corrected chi connectivity index (χ4v) is 15.3. The Morgan fingerprint density at radius 1 is 0.337 bits per heavy atom. The molecule has 0 spiro atoms. The van der Waals surface area contributed by atoms with Gasteiger partial charge in [0.25, 0.3) is 0 Å². The van der Waals surface area contributed by atoms with Gasteiger partial charge in [-0.15, -0.1) is 0 Å². The van der Waals surface area contributed by atoms with Gasteiger partial charge in [-0.05, 0) is 187 Å². The summed E-state index contributed by atoms with van der Waals surface area (Å²) < 4.78 is 12.9. The molecule has 18 rings (SSSR count). The lowest BCUT2D eigenvalue weighted by molar-refractivity contribution is 0.619. The Hall–Kier alpha value is -11.6. The predicted molar refractivity (Wildman–Crippen MR) is 372 cm³/mol. The van der Waals surface area contributed by atoms with E-state index in [1.54, 1.807) is 0 Å². The van der Waals surface area contributed by atoms with Crippen molar-refractivity contribution in [3.63, 3.8) is 0 Å². The second-order valence-electron chi connectivity index (χ2n) is 24.9. The SMILES string of the molecule is Cc1ccccc1C1(c2ccccc2)c2cc(-c3ccc(-c4nc5ccccc5nc4-c4ccc(-c5ccc6c(c5)C(C5=CC(C)CC=C5)(c5ccccc5)c5cc(-c7nc8ccccc8o7)ccc5-6)cc4)cc3)ccc2-c2ccc(-c3nc4ccccc4o3)cc21. The van der Waals surface area contributed by atoms with Crippen molar-refractivity contribution in [3.05, 3.63) is 347 Å². The molecule has 3 aliphatic rings. The predicted octanol–water partition coefficient (Wildman–Crippen LogP) is 21.4. The summed E-state index contributed by atoms with van der Waals surface area (Å²) in [7, 11) is 0. The molecule has 3 heterocycles. The van der Waals surface area contributed by atoms with Crippen LogP contribution in [0.1, 0.15) is 57.9 Å². The first-order valence-corrected chi connectivity index (χ1v) is 31.7. The van der Waals surface area contributed by atoms with Crippen molar-refractivity contribution in [3.8, 4) is 89.9 Å². The van der Waals surface area contributed by atoms with Crippen LogP contribution in [0.2, 0.25) is 0 Å². The first-order chi connectivity index (χ1) is 45.4. The third kappa shape index (κ3) is 8.26. The number of hydrogen-bond acceptors (Lipinski definition) is 6. The smallest absolute Gasteiger partial charge is 0.227 e. The number of rotatable bonds is 10. The van der Waals surface area contributed by atoms with Crippen molar-refractivity contribution in [1.82, 2.24) is 19.9 Å². The molecule has 3 aliphatic carbocycles. The number of nitrogens with zero attached hydrogens (tertiary/aromatic N) is 4. The molecule has 15 aromatic rings. The Morgan fingerprint density at radius 2 is 0.717 bits per heavy atom. The third-order valence-corrected chi connectivity index (χ3v) is 19.6. The maximum Gasteiger partial charge on any atom is 0.227 e. The molecular weight excluding hydrogens is 1120 g/mol. The second-order valence-corrected chi connectivity index (χ2v) is 24.9. The number of fused-ring (bicyclic) bond motifs is 9. The maximum absolute atomic E-state index is 6.44. The van der Waals surface area contributed by atoms with E-state index in [4.69, 9.17) is 28.8 Å². The van der Waals surface area contributed by atoms with E-state index in [1.807, 2.05) is 60.7 Å². The van der Waals surface area contributed by atoms with Crippen molar-refractivity contribution in [1.29, 1.82) is 0 Å². The van der Waals surface area contributed by atoms with E-state index >= 15 is 0 Å². The highest BCUT2D eigenvalue weighted by atomic mass is 16.4. The average molecular weight is 1180 g/mol. The summed E-state index contributed by atoms with van der Waals surface area (Å²) in [6.45, 7) is 4.56. The summed E-state index contributed by atoms with van der Waals surface area (Å²) in [6.07, 6.45) is 8.20. The Bertz CT molecular complexity index is 5460. The molecule has 0 N–H and O–H groups in total. The molecule has 12 aromatic carbocycles. The van der Waals surface area contributed by atoms with E-state index < -0.39 is 10.8 Å². The first-order valence-electron chi connectivity index (χ1n) is 31.7. The van der Waals surface area contributed by atoms with Gasteiger partial charge in [0.15, 0.2) is 11.2 Å². The van der Waals surface area contributed by atoms with E-state index in [1.165, 1.54) is 72.3 Å². The Morgan fingerprint density at radius 3 is 1.18 bits per heavy atom. The molecule has 0 saturated carbocycles. The van der Waals surface area contributed by atoms with E-state index in [-0.39, 0.29) is 0 Å². The van der Waals surface area contributed by atoms with Crippen LogP contribution in [0.25, 0.3) is 123 Å². The lowest BCUT2D eigenvalue weighted by atomic mass is 9.65. The summed E-state index contributed by atoms with van der Waals surface area (Å²) in [5.41, 5.74) is 29.5. The van der Waals surface area contributed by atoms with Crippen LogP contribution >= 0.6 is 0 Å². The standard InChI is InChI=1S/C86H58N4O2/c1-53-18-17-24-65(48-53)85(63-20-5-3-6-21-63)71-49-59(40-44-66(71)67-46-42-61(51-72(67)85)83-89-77-28-13-15-30-79(77)91-83)55-32-36-57(37-33-55)81-82(88-76-27-12-11-26-75(76)87-81)58-38-34-56(35-39-58)60-41-45-68-69-47-43-62(84-90-78-29-14-16-31-80(78)92-84)52-74(69)86(73(68)50-60,64-22-7-4-8-23-64)70-25-10-9-19-54(70)2/h3-17,19-53H,18H2,1-2H3. The van der Waals surface area contributed by atoms with Gasteiger partial charge in [-0.3, -0.25) is 0 Å². The normalized spacial score (nSPS) is 17.0. The molecule has 0 bridgehead atoms. The monoisotopic (exact) mass is 1180 g/mol. The minimum atomic E-state index is -0.650. The topological polar surface area (TPSA) is 77.8 Å². The summed E-state index contributed by atoms with van der Waals surface area (Å²) >= 11 is 0. The van der Waals surface area contributed by atoms with Crippen LogP contribution in [0, 0.1) is 12.8 Å². The lowest BCUT2D eigenvalue weighted by Gasteiger charge is -2.36. The van der Waals surface area contributed by atoms with E-state index in [0.29, 0.717) is 17.7 Å². The van der Waals surface area contributed by atoms with Gasteiger partial charge in [-0.1, -0.05) is 231 Å². The summed E-state index contributed by atoms with van der Waals surface area (Å²) in [5, 5.41) is 0. The van der Waals surface area contributed by atoms with Crippen LogP contribution in [0.15, 0.2) is 312 Å². The molecule has 92 heavy (non-hydrogen) atoms. The Balaban J connectivity index is 0.724. The molecule has 6 heteroatoms. The van der Waals surface area contributed by atoms with Crippen molar-refractivity contribution < 1.29 is 8.83 Å². The van der Waals surface area contributed by atoms with Gasteiger partial charge in [0.2, 0.25) is 11.8 Å².